The van der Waals surface area contributed by atoms with Crippen molar-refractivity contribution in [2.45, 2.75) is 40.2 Å². The van der Waals surface area contributed by atoms with Gasteiger partial charge in [-0.05, 0) is 63.4 Å². The second-order valence-electron chi connectivity index (χ2n) is 7.50. The number of ketones is 1. The van der Waals surface area contributed by atoms with Crippen molar-refractivity contribution in [3.63, 3.8) is 0 Å². The Kier molecular flexibility index (Phi) is 5.47. The number of hydrogen-bond acceptors (Lipinski definition) is 4. The number of hydrogen-bond donors (Lipinski definition) is 0. The molecule has 26 heavy (non-hydrogen) atoms. The normalized spacial score (nSPS) is 18.1. The van der Waals surface area contributed by atoms with Crippen LogP contribution in [0.1, 0.15) is 45.6 Å². The first kappa shape index (κ1) is 18.6. The van der Waals surface area contributed by atoms with Crippen molar-refractivity contribution in [2.24, 2.45) is 13.0 Å². The van der Waals surface area contributed by atoms with Crippen LogP contribution in [0.4, 0.5) is 0 Å². The molecule has 5 heteroatoms. The van der Waals surface area contributed by atoms with Crippen molar-refractivity contribution < 1.29 is 9.53 Å². The van der Waals surface area contributed by atoms with E-state index in [2.05, 4.69) is 16.2 Å². The van der Waals surface area contributed by atoms with Crippen LogP contribution in [0.2, 0.25) is 0 Å². The molecule has 3 rings (SSSR count). The third-order valence-electron chi connectivity index (χ3n) is 5.33. The van der Waals surface area contributed by atoms with Crippen LogP contribution >= 0.6 is 0 Å². The van der Waals surface area contributed by atoms with Gasteiger partial charge < -0.3 is 4.74 Å². The van der Waals surface area contributed by atoms with Crippen molar-refractivity contribution in [3.05, 3.63) is 46.3 Å². The number of methoxy groups -OCH3 is 1. The molecular formula is C21H29N3O2. The van der Waals surface area contributed by atoms with E-state index in [1.54, 1.807) is 7.11 Å². The molecule has 1 atom stereocenters. The highest BCUT2D eigenvalue weighted by atomic mass is 16.5. The van der Waals surface area contributed by atoms with Crippen molar-refractivity contribution >= 4 is 5.78 Å². The summed E-state index contributed by atoms with van der Waals surface area (Å²) in [5, 5.41) is 4.43. The average molecular weight is 355 g/mol. The Bertz CT molecular complexity index is 787. The number of carbonyl (C=O) groups excluding carboxylic acids is 1. The molecule has 0 spiro atoms. The number of ether oxygens (including phenoxy) is 1. The van der Waals surface area contributed by atoms with Crippen LogP contribution in [0.3, 0.4) is 0 Å². The molecule has 1 saturated heterocycles. The smallest absolute Gasteiger partial charge is 0.167 e. The third kappa shape index (κ3) is 3.83. The fourth-order valence-corrected chi connectivity index (χ4v) is 4.11. The molecule has 0 aliphatic carbocycles. The molecule has 2 heterocycles. The van der Waals surface area contributed by atoms with Crippen LogP contribution in [0, 0.1) is 26.7 Å². The van der Waals surface area contributed by atoms with Gasteiger partial charge in [-0.1, -0.05) is 0 Å². The van der Waals surface area contributed by atoms with Crippen molar-refractivity contribution in [2.75, 3.05) is 20.2 Å². The topological polar surface area (TPSA) is 47.4 Å². The molecule has 0 radical (unpaired) electrons. The molecule has 0 N–H and O–H groups in total. The molecule has 1 aromatic carbocycles. The molecule has 2 aromatic rings. The molecule has 1 fully saturated rings. The fraction of sp³-hybridized carbons (Fsp3) is 0.524. The number of Topliss-reactive ketones (excluding diaryl/α,β-unsaturated/α-hetero) is 1. The average Bonchev–Trinajstić information content (AvgIpc) is 2.91. The summed E-state index contributed by atoms with van der Waals surface area (Å²) in [5.74, 6) is 1.19. The van der Waals surface area contributed by atoms with Crippen LogP contribution in [0.15, 0.2) is 18.3 Å². The van der Waals surface area contributed by atoms with E-state index in [0.717, 1.165) is 60.6 Å². The van der Waals surface area contributed by atoms with Gasteiger partial charge in [0.1, 0.15) is 5.75 Å². The van der Waals surface area contributed by atoms with Crippen LogP contribution < -0.4 is 4.74 Å². The predicted molar refractivity (Wildman–Crippen MR) is 103 cm³/mol. The van der Waals surface area contributed by atoms with Gasteiger partial charge in [-0.25, -0.2) is 0 Å². The Labute approximate surface area is 156 Å². The zero-order chi connectivity index (χ0) is 18.8. The van der Waals surface area contributed by atoms with E-state index in [1.807, 2.05) is 44.6 Å². The second kappa shape index (κ2) is 7.62. The summed E-state index contributed by atoms with van der Waals surface area (Å²) in [6, 6.07) is 3.94. The molecule has 0 amide bonds. The van der Waals surface area contributed by atoms with Gasteiger partial charge in [0, 0.05) is 43.4 Å². The maximum Gasteiger partial charge on any atom is 0.167 e. The van der Waals surface area contributed by atoms with E-state index in [1.165, 1.54) is 5.56 Å². The first-order valence-electron chi connectivity index (χ1n) is 9.30. The van der Waals surface area contributed by atoms with Crippen LogP contribution in [0.5, 0.6) is 5.75 Å². The lowest BCUT2D eigenvalue weighted by Crippen LogP contribution is -2.38. The highest BCUT2D eigenvalue weighted by Crippen LogP contribution is 2.28. The molecular weight excluding hydrogens is 326 g/mol. The van der Waals surface area contributed by atoms with E-state index in [9.17, 15) is 4.79 Å². The van der Waals surface area contributed by atoms with Crippen LogP contribution in [-0.2, 0) is 13.6 Å². The van der Waals surface area contributed by atoms with Gasteiger partial charge in [0.2, 0.25) is 0 Å². The minimum Gasteiger partial charge on any atom is -0.496 e. The number of nitrogens with zero attached hydrogens (tertiary/aromatic N) is 3. The van der Waals surface area contributed by atoms with Gasteiger partial charge in [0.15, 0.2) is 5.78 Å². The van der Waals surface area contributed by atoms with Gasteiger partial charge in [-0.2, -0.15) is 5.10 Å². The molecule has 0 bridgehead atoms. The maximum atomic E-state index is 13.1. The van der Waals surface area contributed by atoms with Gasteiger partial charge in [0.25, 0.3) is 0 Å². The van der Waals surface area contributed by atoms with Crippen LogP contribution in [-0.4, -0.2) is 40.7 Å². The van der Waals surface area contributed by atoms with Gasteiger partial charge in [-0.3, -0.25) is 14.4 Å². The van der Waals surface area contributed by atoms with Gasteiger partial charge in [0.05, 0.1) is 12.8 Å². The summed E-state index contributed by atoms with van der Waals surface area (Å²) in [5.41, 5.74) is 5.17. The number of aryl methyl sites for hydroxylation is 4. The Balaban J connectivity index is 1.73. The largest absolute Gasteiger partial charge is 0.496 e. The minimum atomic E-state index is 0.0629. The lowest BCUT2D eigenvalue weighted by atomic mass is 9.88. The number of aromatic nitrogens is 2. The lowest BCUT2D eigenvalue weighted by Gasteiger charge is -2.32. The van der Waals surface area contributed by atoms with Crippen LogP contribution in [0.25, 0.3) is 0 Å². The second-order valence-corrected chi connectivity index (χ2v) is 7.50. The molecule has 0 unspecified atom stereocenters. The summed E-state index contributed by atoms with van der Waals surface area (Å²) in [6.45, 7) is 8.77. The number of benzene rings is 1. The monoisotopic (exact) mass is 355 g/mol. The quantitative estimate of drug-likeness (QED) is 0.771. The SMILES string of the molecule is COc1c(C)cc(C(=O)[C@H]2CCCN(Cc3cn(C)nc3C)C2)cc1C. The summed E-state index contributed by atoms with van der Waals surface area (Å²) in [4.78, 5) is 15.5. The third-order valence-corrected chi connectivity index (χ3v) is 5.33. The summed E-state index contributed by atoms with van der Waals surface area (Å²) >= 11 is 0. The Morgan fingerprint density at radius 2 is 1.96 bits per heavy atom. The van der Waals surface area contributed by atoms with Crippen molar-refractivity contribution in [3.8, 4) is 5.75 Å². The molecule has 140 valence electrons. The van der Waals surface area contributed by atoms with E-state index in [0.29, 0.717) is 0 Å². The summed E-state index contributed by atoms with van der Waals surface area (Å²) < 4.78 is 7.29. The molecule has 1 aliphatic rings. The predicted octanol–water partition coefficient (Wildman–Crippen LogP) is 3.45. The number of piperidine rings is 1. The first-order chi connectivity index (χ1) is 12.4. The minimum absolute atomic E-state index is 0.0629. The number of rotatable bonds is 5. The van der Waals surface area contributed by atoms with Gasteiger partial charge >= 0.3 is 0 Å². The van der Waals surface area contributed by atoms with Crippen molar-refractivity contribution in [1.29, 1.82) is 0 Å². The van der Waals surface area contributed by atoms with E-state index in [-0.39, 0.29) is 11.7 Å². The van der Waals surface area contributed by atoms with Gasteiger partial charge in [-0.15, -0.1) is 0 Å². The molecule has 1 aliphatic heterocycles. The Hall–Kier alpha value is -2.14. The molecule has 0 saturated carbocycles. The fourth-order valence-electron chi connectivity index (χ4n) is 4.11. The van der Waals surface area contributed by atoms with E-state index < -0.39 is 0 Å². The number of carbonyl (C=O) groups is 1. The van der Waals surface area contributed by atoms with E-state index in [4.69, 9.17) is 4.74 Å². The lowest BCUT2D eigenvalue weighted by molar-refractivity contribution is 0.0811. The highest BCUT2D eigenvalue weighted by Gasteiger charge is 2.27. The maximum absolute atomic E-state index is 13.1. The Morgan fingerprint density at radius 3 is 2.54 bits per heavy atom. The standard InChI is InChI=1S/C21H29N3O2/c1-14-9-18(10-15(2)21(14)26-5)20(25)17-7-6-8-24(12-17)13-19-11-23(4)22-16(19)3/h9-11,17H,6-8,12-13H2,1-5H3/t17-/m0/s1. The molecule has 1 aromatic heterocycles. The first-order valence-corrected chi connectivity index (χ1v) is 9.30. The number of likely N-dealkylation sites (tertiary alicyclic amines) is 1. The zero-order valence-corrected chi connectivity index (χ0v) is 16.5. The van der Waals surface area contributed by atoms with Crippen molar-refractivity contribution in [1.82, 2.24) is 14.7 Å². The molecule has 5 nitrogen and oxygen atoms in total. The highest BCUT2D eigenvalue weighted by molar-refractivity contribution is 5.98. The summed E-state index contributed by atoms with van der Waals surface area (Å²) in [7, 11) is 3.63. The summed E-state index contributed by atoms with van der Waals surface area (Å²) in [6.07, 6.45) is 4.10. The Morgan fingerprint density at radius 1 is 1.27 bits per heavy atom. The zero-order valence-electron chi connectivity index (χ0n) is 16.5. The van der Waals surface area contributed by atoms with E-state index >= 15 is 0 Å².